The number of amides is 1. The zero-order valence-electron chi connectivity index (χ0n) is 9.32. The summed E-state index contributed by atoms with van der Waals surface area (Å²) >= 11 is 1.56. The van der Waals surface area contributed by atoms with Crippen molar-refractivity contribution in [2.45, 2.75) is 19.8 Å². The minimum atomic E-state index is -1.35. The molecule has 16 heavy (non-hydrogen) atoms. The van der Waals surface area contributed by atoms with Crippen molar-refractivity contribution in [3.05, 3.63) is 22.4 Å². The van der Waals surface area contributed by atoms with E-state index in [2.05, 4.69) is 5.32 Å². The van der Waals surface area contributed by atoms with Gasteiger partial charge in [-0.25, -0.2) is 0 Å². The predicted molar refractivity (Wildman–Crippen MR) is 62.4 cm³/mol. The zero-order valence-corrected chi connectivity index (χ0v) is 10.1. The monoisotopic (exact) mass is 241 g/mol. The number of carboxylic acid groups (broad SMARTS) is 1. The van der Waals surface area contributed by atoms with E-state index in [0.717, 1.165) is 5.56 Å². The minimum Gasteiger partial charge on any atom is -0.480 e. The summed E-state index contributed by atoms with van der Waals surface area (Å²) in [5.41, 5.74) is -0.280. The number of aryl methyl sites for hydroxylation is 1. The van der Waals surface area contributed by atoms with Crippen molar-refractivity contribution in [3.8, 4) is 0 Å². The van der Waals surface area contributed by atoms with Gasteiger partial charge in [0.15, 0.2) is 0 Å². The van der Waals surface area contributed by atoms with E-state index >= 15 is 0 Å². The van der Waals surface area contributed by atoms with Gasteiger partial charge in [0.25, 0.3) is 0 Å². The molecule has 0 aromatic carbocycles. The number of nitrogens with one attached hydrogen (secondary N) is 1. The molecule has 1 heterocycles. The smallest absolute Gasteiger partial charge is 0.318 e. The molecule has 88 valence electrons. The Hall–Kier alpha value is -1.36. The van der Waals surface area contributed by atoms with Crippen molar-refractivity contribution < 1.29 is 14.7 Å². The highest BCUT2D eigenvalue weighted by atomic mass is 32.1. The summed E-state index contributed by atoms with van der Waals surface area (Å²) < 4.78 is 0. The van der Waals surface area contributed by atoms with E-state index in [0.29, 0.717) is 12.8 Å². The first kappa shape index (κ1) is 12.7. The zero-order chi connectivity index (χ0) is 12.2. The van der Waals surface area contributed by atoms with E-state index in [1.807, 2.05) is 16.8 Å². The second kappa shape index (κ2) is 5.12. The second-order valence-electron chi connectivity index (χ2n) is 3.85. The lowest BCUT2D eigenvalue weighted by atomic mass is 9.83. The summed E-state index contributed by atoms with van der Waals surface area (Å²) in [6, 6.07) is 1.94. The van der Waals surface area contributed by atoms with Crippen LogP contribution in [0.3, 0.4) is 0 Å². The van der Waals surface area contributed by atoms with Gasteiger partial charge >= 0.3 is 5.97 Å². The van der Waals surface area contributed by atoms with Crippen LogP contribution in [0.4, 0.5) is 0 Å². The van der Waals surface area contributed by atoms with E-state index in [9.17, 15) is 9.59 Å². The maximum Gasteiger partial charge on any atom is 0.318 e. The lowest BCUT2D eigenvalue weighted by Gasteiger charge is -2.22. The number of carbonyl (C=O) groups excluding carboxylic acids is 1. The third-order valence-corrected chi connectivity index (χ3v) is 3.43. The van der Waals surface area contributed by atoms with Crippen LogP contribution in [0.15, 0.2) is 16.8 Å². The van der Waals surface area contributed by atoms with Crippen LogP contribution in [-0.2, 0) is 16.0 Å². The summed E-state index contributed by atoms with van der Waals surface area (Å²) in [5, 5.41) is 15.4. The SMILES string of the molecule is CNC(=O)C(C)(CCc1ccsc1)C(=O)O. The third-order valence-electron chi connectivity index (χ3n) is 2.69. The van der Waals surface area contributed by atoms with Crippen LogP contribution >= 0.6 is 11.3 Å². The summed E-state index contributed by atoms with van der Waals surface area (Å²) in [6.07, 6.45) is 0.901. The Morgan fingerprint density at radius 1 is 1.56 bits per heavy atom. The van der Waals surface area contributed by atoms with Gasteiger partial charge in [-0.15, -0.1) is 0 Å². The summed E-state index contributed by atoms with van der Waals surface area (Å²) in [6.45, 7) is 1.46. The van der Waals surface area contributed by atoms with Crippen molar-refractivity contribution in [1.29, 1.82) is 0 Å². The number of carbonyl (C=O) groups is 2. The predicted octanol–water partition coefficient (Wildman–Crippen LogP) is 1.52. The van der Waals surface area contributed by atoms with Crippen molar-refractivity contribution >= 4 is 23.2 Å². The molecule has 0 saturated carbocycles. The highest BCUT2D eigenvalue weighted by molar-refractivity contribution is 7.07. The topological polar surface area (TPSA) is 66.4 Å². The molecule has 0 saturated heterocycles. The fourth-order valence-corrected chi connectivity index (χ4v) is 2.13. The molecule has 0 spiro atoms. The van der Waals surface area contributed by atoms with E-state index in [1.54, 1.807) is 11.3 Å². The van der Waals surface area contributed by atoms with Crippen LogP contribution in [0, 0.1) is 5.41 Å². The molecule has 2 N–H and O–H groups in total. The molecule has 1 aromatic heterocycles. The fraction of sp³-hybridized carbons (Fsp3) is 0.455. The average molecular weight is 241 g/mol. The molecule has 4 nitrogen and oxygen atoms in total. The highest BCUT2D eigenvalue weighted by Gasteiger charge is 2.40. The van der Waals surface area contributed by atoms with Crippen LogP contribution in [0.25, 0.3) is 0 Å². The molecule has 0 aliphatic heterocycles. The van der Waals surface area contributed by atoms with Gasteiger partial charge < -0.3 is 10.4 Å². The Labute approximate surface area is 98.3 Å². The first-order chi connectivity index (χ1) is 7.50. The number of rotatable bonds is 5. The Bertz CT molecular complexity index is 375. The number of hydrogen-bond acceptors (Lipinski definition) is 3. The second-order valence-corrected chi connectivity index (χ2v) is 4.63. The van der Waals surface area contributed by atoms with Crippen LogP contribution in [0.5, 0.6) is 0 Å². The highest BCUT2D eigenvalue weighted by Crippen LogP contribution is 2.25. The maximum absolute atomic E-state index is 11.5. The van der Waals surface area contributed by atoms with E-state index in [-0.39, 0.29) is 0 Å². The van der Waals surface area contributed by atoms with Crippen molar-refractivity contribution in [1.82, 2.24) is 5.32 Å². The number of hydrogen-bond donors (Lipinski definition) is 2. The normalized spacial score (nSPS) is 14.1. The van der Waals surface area contributed by atoms with Gasteiger partial charge in [0.05, 0.1) is 0 Å². The molecule has 0 aliphatic rings. The number of thiophene rings is 1. The Kier molecular flexibility index (Phi) is 4.06. The lowest BCUT2D eigenvalue weighted by molar-refractivity contribution is -0.154. The van der Waals surface area contributed by atoms with E-state index in [4.69, 9.17) is 5.11 Å². The summed E-state index contributed by atoms with van der Waals surface area (Å²) in [5.74, 6) is -1.53. The molecule has 1 atom stereocenters. The van der Waals surface area contributed by atoms with Crippen LogP contribution in [0.1, 0.15) is 18.9 Å². The van der Waals surface area contributed by atoms with E-state index in [1.165, 1.54) is 14.0 Å². The van der Waals surface area contributed by atoms with Crippen molar-refractivity contribution in [3.63, 3.8) is 0 Å². The van der Waals surface area contributed by atoms with Crippen LogP contribution in [0.2, 0.25) is 0 Å². The Balaban J connectivity index is 2.72. The largest absolute Gasteiger partial charge is 0.480 e. The molecule has 0 radical (unpaired) electrons. The molecular weight excluding hydrogens is 226 g/mol. The fourth-order valence-electron chi connectivity index (χ4n) is 1.42. The Morgan fingerprint density at radius 3 is 2.69 bits per heavy atom. The molecule has 0 bridgehead atoms. The molecule has 5 heteroatoms. The van der Waals surface area contributed by atoms with Crippen molar-refractivity contribution in [2.24, 2.45) is 5.41 Å². The lowest BCUT2D eigenvalue weighted by Crippen LogP contribution is -2.43. The number of aliphatic carboxylic acids is 1. The minimum absolute atomic E-state index is 0.304. The van der Waals surface area contributed by atoms with Crippen molar-refractivity contribution in [2.75, 3.05) is 7.05 Å². The van der Waals surface area contributed by atoms with Gasteiger partial charge in [-0.1, -0.05) is 0 Å². The van der Waals surface area contributed by atoms with Gasteiger partial charge in [-0.2, -0.15) is 11.3 Å². The molecule has 1 aromatic rings. The van der Waals surface area contributed by atoms with Gasteiger partial charge in [-0.05, 0) is 42.2 Å². The Morgan fingerprint density at radius 2 is 2.25 bits per heavy atom. The van der Waals surface area contributed by atoms with Gasteiger partial charge in [0.1, 0.15) is 5.41 Å². The quantitative estimate of drug-likeness (QED) is 0.768. The molecule has 0 fully saturated rings. The molecule has 0 aliphatic carbocycles. The third kappa shape index (κ3) is 2.61. The van der Waals surface area contributed by atoms with Crippen LogP contribution < -0.4 is 5.32 Å². The van der Waals surface area contributed by atoms with Gasteiger partial charge in [-0.3, -0.25) is 9.59 Å². The van der Waals surface area contributed by atoms with Crippen LogP contribution in [-0.4, -0.2) is 24.0 Å². The summed E-state index contributed by atoms with van der Waals surface area (Å²) in [7, 11) is 1.45. The molecular formula is C11H15NO3S. The van der Waals surface area contributed by atoms with E-state index < -0.39 is 17.3 Å². The standard InChI is InChI=1S/C11H15NO3S/c1-11(10(14)15,9(13)12-2)5-3-8-4-6-16-7-8/h4,6-7H,3,5H2,1-2H3,(H,12,13)(H,14,15). The van der Waals surface area contributed by atoms with Gasteiger partial charge in [0.2, 0.25) is 5.91 Å². The van der Waals surface area contributed by atoms with Gasteiger partial charge in [0, 0.05) is 7.05 Å². The molecule has 1 unspecified atom stereocenters. The number of carboxylic acids is 1. The first-order valence-electron chi connectivity index (χ1n) is 4.97. The molecule has 1 amide bonds. The maximum atomic E-state index is 11.5. The first-order valence-corrected chi connectivity index (χ1v) is 5.91. The molecule has 1 rings (SSSR count). The average Bonchev–Trinajstić information content (AvgIpc) is 2.77. The summed E-state index contributed by atoms with van der Waals surface area (Å²) in [4.78, 5) is 22.7.